The van der Waals surface area contributed by atoms with E-state index in [0.717, 1.165) is 5.56 Å². The van der Waals surface area contributed by atoms with Gasteiger partial charge in [0.1, 0.15) is 5.60 Å². The largest absolute Gasteiger partial charge is 0.444 e. The van der Waals surface area contributed by atoms with E-state index in [1.54, 1.807) is 44.7 Å². The second-order valence-electron chi connectivity index (χ2n) is 7.77. The first kappa shape index (κ1) is 22.0. The molecule has 1 saturated heterocycles. The monoisotopic (exact) mass is 417 g/mol. The molecule has 1 aliphatic heterocycles. The fourth-order valence-electron chi connectivity index (χ4n) is 2.87. The molecule has 1 amide bonds. The number of hydrogen-bond donors (Lipinski definition) is 0. The van der Waals surface area contributed by atoms with Crippen molar-refractivity contribution in [3.05, 3.63) is 34.9 Å². The molecule has 1 aromatic carbocycles. The number of carbonyl (C=O) groups is 1. The van der Waals surface area contributed by atoms with Crippen molar-refractivity contribution < 1.29 is 22.7 Å². The summed E-state index contributed by atoms with van der Waals surface area (Å²) in [4.78, 5) is 14.3. The molecule has 1 heterocycles. The highest BCUT2D eigenvalue weighted by atomic mass is 35.5. The van der Waals surface area contributed by atoms with Crippen LogP contribution in [0.2, 0.25) is 5.02 Å². The molecular weight excluding hydrogens is 390 g/mol. The van der Waals surface area contributed by atoms with Crippen molar-refractivity contribution in [2.75, 3.05) is 24.7 Å². The molecule has 0 saturated carbocycles. The summed E-state index contributed by atoms with van der Waals surface area (Å²) in [6.07, 6.45) is -0.434. The molecular formula is C19H28ClNO5S. The van der Waals surface area contributed by atoms with Gasteiger partial charge in [-0.05, 0) is 44.9 Å². The summed E-state index contributed by atoms with van der Waals surface area (Å²) < 4.78 is 35.2. The third-order valence-electron chi connectivity index (χ3n) is 4.26. The fourth-order valence-corrected chi connectivity index (χ4v) is 4.00. The SMILES string of the molecule is CCS(=O)(=O)C[C@H]1CN(C(=O)OC(C)(C)C)[C@@H](Cc2ccc(Cl)cc2)CO1. The molecule has 6 nitrogen and oxygen atoms in total. The molecule has 27 heavy (non-hydrogen) atoms. The molecule has 0 aliphatic carbocycles. The topological polar surface area (TPSA) is 72.9 Å². The summed E-state index contributed by atoms with van der Waals surface area (Å²) in [5.74, 6) is -0.0516. The molecule has 1 aliphatic rings. The van der Waals surface area contributed by atoms with Crippen molar-refractivity contribution in [2.24, 2.45) is 0 Å². The molecule has 1 aromatic rings. The summed E-state index contributed by atoms with van der Waals surface area (Å²) in [5, 5.41) is 0.646. The van der Waals surface area contributed by atoms with Crippen molar-refractivity contribution in [1.29, 1.82) is 0 Å². The molecule has 2 rings (SSSR count). The van der Waals surface area contributed by atoms with Crippen LogP contribution in [-0.2, 0) is 25.7 Å². The van der Waals surface area contributed by atoms with Crippen LogP contribution in [0.5, 0.6) is 0 Å². The summed E-state index contributed by atoms with van der Waals surface area (Å²) in [6, 6.07) is 7.18. The Morgan fingerprint density at radius 2 is 1.93 bits per heavy atom. The fraction of sp³-hybridized carbons (Fsp3) is 0.632. The van der Waals surface area contributed by atoms with Gasteiger partial charge in [0, 0.05) is 10.8 Å². The molecule has 0 radical (unpaired) electrons. The van der Waals surface area contributed by atoms with E-state index in [-0.39, 0.29) is 30.7 Å². The van der Waals surface area contributed by atoms with Gasteiger partial charge < -0.3 is 9.47 Å². The normalized spacial score (nSPS) is 21.1. The zero-order chi connectivity index (χ0) is 20.2. The number of halogens is 1. The first-order valence-electron chi connectivity index (χ1n) is 9.05. The summed E-state index contributed by atoms with van der Waals surface area (Å²) in [6.45, 7) is 7.46. The van der Waals surface area contributed by atoms with E-state index in [0.29, 0.717) is 11.4 Å². The van der Waals surface area contributed by atoms with Gasteiger partial charge in [0.15, 0.2) is 9.84 Å². The van der Waals surface area contributed by atoms with Crippen LogP contribution < -0.4 is 0 Å². The van der Waals surface area contributed by atoms with E-state index in [1.807, 2.05) is 12.1 Å². The molecule has 0 bridgehead atoms. The predicted octanol–water partition coefficient (Wildman–Crippen LogP) is 3.32. The lowest BCUT2D eigenvalue weighted by molar-refractivity contribution is -0.0618. The minimum absolute atomic E-state index is 0.0491. The molecule has 8 heteroatoms. The van der Waals surface area contributed by atoms with Gasteiger partial charge in [-0.2, -0.15) is 0 Å². The van der Waals surface area contributed by atoms with E-state index in [4.69, 9.17) is 21.1 Å². The van der Waals surface area contributed by atoms with Crippen molar-refractivity contribution in [3.8, 4) is 0 Å². The number of sulfone groups is 1. The first-order chi connectivity index (χ1) is 12.5. The molecule has 0 unspecified atom stereocenters. The van der Waals surface area contributed by atoms with E-state index in [1.165, 1.54) is 0 Å². The number of ether oxygens (including phenoxy) is 2. The Morgan fingerprint density at radius 1 is 1.30 bits per heavy atom. The standard InChI is InChI=1S/C19H28ClNO5S/c1-5-27(23,24)13-17-11-21(18(22)26-19(2,3)4)16(12-25-17)10-14-6-8-15(20)9-7-14/h6-9,16-17H,5,10-13H2,1-4H3/t16-,17+/m0/s1. The third kappa shape index (κ3) is 6.97. The lowest BCUT2D eigenvalue weighted by atomic mass is 10.0. The second kappa shape index (κ2) is 8.80. The van der Waals surface area contributed by atoms with E-state index >= 15 is 0 Å². The number of carbonyl (C=O) groups excluding carboxylic acids is 1. The molecule has 1 fully saturated rings. The van der Waals surface area contributed by atoms with Crippen LogP contribution >= 0.6 is 11.6 Å². The van der Waals surface area contributed by atoms with Gasteiger partial charge in [-0.25, -0.2) is 13.2 Å². The van der Waals surface area contributed by atoms with Crippen LogP contribution in [0.3, 0.4) is 0 Å². The van der Waals surface area contributed by atoms with Gasteiger partial charge in [0.05, 0.1) is 31.1 Å². The van der Waals surface area contributed by atoms with Gasteiger partial charge >= 0.3 is 6.09 Å². The number of morpholine rings is 1. The highest BCUT2D eigenvalue weighted by Gasteiger charge is 2.36. The molecule has 0 N–H and O–H groups in total. The van der Waals surface area contributed by atoms with Crippen LogP contribution in [0.25, 0.3) is 0 Å². The number of amides is 1. The third-order valence-corrected chi connectivity index (χ3v) is 6.27. The van der Waals surface area contributed by atoms with Crippen LogP contribution in [0.4, 0.5) is 4.79 Å². The average molecular weight is 418 g/mol. The number of benzene rings is 1. The highest BCUT2D eigenvalue weighted by molar-refractivity contribution is 7.91. The lowest BCUT2D eigenvalue weighted by Gasteiger charge is -2.40. The van der Waals surface area contributed by atoms with Crippen molar-refractivity contribution in [2.45, 2.75) is 51.9 Å². The minimum atomic E-state index is -3.20. The highest BCUT2D eigenvalue weighted by Crippen LogP contribution is 2.21. The van der Waals surface area contributed by atoms with Crippen LogP contribution in [-0.4, -0.2) is 61.8 Å². The Morgan fingerprint density at radius 3 is 2.48 bits per heavy atom. The molecule has 152 valence electrons. The van der Waals surface area contributed by atoms with Gasteiger partial charge in [-0.3, -0.25) is 4.90 Å². The molecule has 2 atom stereocenters. The summed E-state index contributed by atoms with van der Waals surface area (Å²) in [7, 11) is -3.20. The number of rotatable bonds is 5. The Bertz CT molecular complexity index is 742. The first-order valence-corrected chi connectivity index (χ1v) is 11.2. The molecule has 0 aromatic heterocycles. The van der Waals surface area contributed by atoms with E-state index in [9.17, 15) is 13.2 Å². The van der Waals surface area contributed by atoms with Gasteiger partial charge in [0.25, 0.3) is 0 Å². The number of nitrogens with zero attached hydrogens (tertiary/aromatic N) is 1. The Labute approximate surface area is 166 Å². The average Bonchev–Trinajstić information content (AvgIpc) is 2.56. The Hall–Kier alpha value is -1.31. The maximum absolute atomic E-state index is 12.7. The Kier molecular flexibility index (Phi) is 7.16. The quantitative estimate of drug-likeness (QED) is 0.734. The molecule has 0 spiro atoms. The van der Waals surface area contributed by atoms with Crippen LogP contribution in [0, 0.1) is 0 Å². The van der Waals surface area contributed by atoms with Crippen LogP contribution in [0.15, 0.2) is 24.3 Å². The Balaban J connectivity index is 2.16. The van der Waals surface area contributed by atoms with Gasteiger partial charge in [-0.15, -0.1) is 0 Å². The van der Waals surface area contributed by atoms with Gasteiger partial charge in [-0.1, -0.05) is 30.7 Å². The van der Waals surface area contributed by atoms with Crippen LogP contribution in [0.1, 0.15) is 33.3 Å². The predicted molar refractivity (Wildman–Crippen MR) is 106 cm³/mol. The zero-order valence-electron chi connectivity index (χ0n) is 16.3. The van der Waals surface area contributed by atoms with Crippen molar-refractivity contribution in [1.82, 2.24) is 4.90 Å². The maximum atomic E-state index is 12.7. The summed E-state index contributed by atoms with van der Waals surface area (Å²) in [5.41, 5.74) is 0.381. The summed E-state index contributed by atoms with van der Waals surface area (Å²) >= 11 is 5.93. The van der Waals surface area contributed by atoms with Crippen molar-refractivity contribution >= 4 is 27.5 Å². The van der Waals surface area contributed by atoms with E-state index in [2.05, 4.69) is 0 Å². The smallest absolute Gasteiger partial charge is 0.410 e. The maximum Gasteiger partial charge on any atom is 0.410 e. The van der Waals surface area contributed by atoms with E-state index < -0.39 is 27.6 Å². The lowest BCUT2D eigenvalue weighted by Crippen LogP contribution is -2.55. The van der Waals surface area contributed by atoms with Crippen molar-refractivity contribution in [3.63, 3.8) is 0 Å². The number of hydrogen-bond acceptors (Lipinski definition) is 5. The minimum Gasteiger partial charge on any atom is -0.444 e. The zero-order valence-corrected chi connectivity index (χ0v) is 17.8. The van der Waals surface area contributed by atoms with Gasteiger partial charge in [0.2, 0.25) is 0 Å². The second-order valence-corrected chi connectivity index (χ2v) is 10.6.